The second-order valence-corrected chi connectivity index (χ2v) is 2.37. The highest BCUT2D eigenvalue weighted by molar-refractivity contribution is 5.24. The fraction of sp³-hybridized carbons (Fsp3) is 0.333. The van der Waals surface area contributed by atoms with Crippen LogP contribution in [0, 0.1) is 6.92 Å². The molecular weight excluding hydrogens is 181 g/mol. The summed E-state index contributed by atoms with van der Waals surface area (Å²) in [6, 6.07) is 5.22. The Morgan fingerprint density at radius 1 is 1.15 bits per heavy atom. The van der Waals surface area contributed by atoms with Crippen LogP contribution in [-0.2, 0) is 6.18 Å². The molecule has 1 aromatic carbocycles. The Bertz CT molecular complexity index is 255. The summed E-state index contributed by atoms with van der Waals surface area (Å²) in [6.07, 6.45) is -4.22. The van der Waals surface area contributed by atoms with Gasteiger partial charge in [0.15, 0.2) is 0 Å². The van der Waals surface area contributed by atoms with E-state index in [9.17, 15) is 13.2 Å². The normalized spacial score (nSPS) is 10.3. The number of benzene rings is 1. The molecular formula is C9H11F3O. The summed E-state index contributed by atoms with van der Waals surface area (Å²) in [4.78, 5) is 0. The molecule has 0 aliphatic heterocycles. The Hall–Kier alpha value is -1.03. The van der Waals surface area contributed by atoms with Crippen molar-refractivity contribution in [2.45, 2.75) is 13.1 Å². The van der Waals surface area contributed by atoms with Crippen LogP contribution in [0.5, 0.6) is 0 Å². The average Bonchev–Trinajstić information content (AvgIpc) is 2.06. The van der Waals surface area contributed by atoms with Crippen molar-refractivity contribution in [3.05, 3.63) is 35.4 Å². The number of alkyl halides is 3. The first-order valence-corrected chi connectivity index (χ1v) is 3.59. The van der Waals surface area contributed by atoms with Gasteiger partial charge < -0.3 is 5.11 Å². The third kappa shape index (κ3) is 3.94. The van der Waals surface area contributed by atoms with E-state index in [-0.39, 0.29) is 0 Å². The minimum absolute atomic E-state index is 0.586. The largest absolute Gasteiger partial charge is 0.416 e. The monoisotopic (exact) mass is 192 g/mol. The summed E-state index contributed by atoms with van der Waals surface area (Å²) >= 11 is 0. The first-order chi connectivity index (χ1) is 6.00. The van der Waals surface area contributed by atoms with Gasteiger partial charge >= 0.3 is 6.18 Å². The third-order valence-corrected chi connectivity index (χ3v) is 1.35. The predicted octanol–water partition coefficient (Wildman–Crippen LogP) is 2.62. The highest BCUT2D eigenvalue weighted by atomic mass is 19.4. The van der Waals surface area contributed by atoms with E-state index in [0.29, 0.717) is 5.56 Å². The summed E-state index contributed by atoms with van der Waals surface area (Å²) in [5, 5.41) is 7.00. The number of aliphatic hydroxyl groups is 1. The summed E-state index contributed by atoms with van der Waals surface area (Å²) in [7, 11) is 1.00. The van der Waals surface area contributed by atoms with Gasteiger partial charge in [-0.25, -0.2) is 0 Å². The lowest BCUT2D eigenvalue weighted by Gasteiger charge is -2.05. The van der Waals surface area contributed by atoms with E-state index in [4.69, 9.17) is 5.11 Å². The number of hydrogen-bond acceptors (Lipinski definition) is 1. The predicted molar refractivity (Wildman–Crippen MR) is 44.3 cm³/mol. The Kier molecular flexibility index (Phi) is 4.48. The minimum atomic E-state index is -4.22. The molecule has 0 aromatic heterocycles. The Morgan fingerprint density at radius 2 is 1.69 bits per heavy atom. The van der Waals surface area contributed by atoms with Crippen LogP contribution in [0.1, 0.15) is 11.1 Å². The van der Waals surface area contributed by atoms with Crippen LogP contribution in [0.25, 0.3) is 0 Å². The lowest BCUT2D eigenvalue weighted by Crippen LogP contribution is -2.04. The molecule has 0 saturated carbocycles. The molecule has 0 unspecified atom stereocenters. The standard InChI is InChI=1S/C8H7F3.CH4O/c1-6-3-2-4-7(5-6)8(9,10)11;1-2/h2-5H,1H3;2H,1H3. The lowest BCUT2D eigenvalue weighted by atomic mass is 10.1. The minimum Gasteiger partial charge on any atom is -0.400 e. The smallest absolute Gasteiger partial charge is 0.400 e. The van der Waals surface area contributed by atoms with E-state index in [0.717, 1.165) is 19.2 Å². The molecule has 4 heteroatoms. The van der Waals surface area contributed by atoms with Crippen molar-refractivity contribution in [1.82, 2.24) is 0 Å². The van der Waals surface area contributed by atoms with Crippen LogP contribution in [0.2, 0.25) is 0 Å². The summed E-state index contributed by atoms with van der Waals surface area (Å²) in [6.45, 7) is 1.63. The van der Waals surface area contributed by atoms with E-state index in [1.54, 1.807) is 13.0 Å². The molecule has 0 fully saturated rings. The van der Waals surface area contributed by atoms with Crippen molar-refractivity contribution in [2.75, 3.05) is 7.11 Å². The number of aliphatic hydroxyl groups excluding tert-OH is 1. The van der Waals surface area contributed by atoms with Crippen LogP contribution in [-0.4, -0.2) is 12.2 Å². The molecule has 1 N–H and O–H groups in total. The first kappa shape index (κ1) is 12.0. The molecule has 0 heterocycles. The van der Waals surface area contributed by atoms with Crippen LogP contribution in [0.4, 0.5) is 13.2 Å². The Balaban J connectivity index is 0.000000671. The summed E-state index contributed by atoms with van der Waals surface area (Å²) < 4.78 is 35.9. The molecule has 13 heavy (non-hydrogen) atoms. The second-order valence-electron chi connectivity index (χ2n) is 2.37. The van der Waals surface area contributed by atoms with Crippen molar-refractivity contribution in [2.24, 2.45) is 0 Å². The topological polar surface area (TPSA) is 20.2 Å². The van der Waals surface area contributed by atoms with Crippen molar-refractivity contribution in [1.29, 1.82) is 0 Å². The third-order valence-electron chi connectivity index (χ3n) is 1.35. The van der Waals surface area contributed by atoms with Gasteiger partial charge in [-0.05, 0) is 13.0 Å². The fourth-order valence-corrected chi connectivity index (χ4v) is 0.821. The molecule has 1 nitrogen and oxygen atoms in total. The van der Waals surface area contributed by atoms with Gasteiger partial charge in [-0.15, -0.1) is 0 Å². The number of aryl methyl sites for hydroxylation is 1. The fourth-order valence-electron chi connectivity index (χ4n) is 0.821. The van der Waals surface area contributed by atoms with E-state index in [1.165, 1.54) is 6.07 Å². The van der Waals surface area contributed by atoms with Crippen molar-refractivity contribution in [3.8, 4) is 0 Å². The number of hydrogen-bond donors (Lipinski definition) is 1. The van der Waals surface area contributed by atoms with Crippen LogP contribution in [0.15, 0.2) is 24.3 Å². The zero-order valence-electron chi connectivity index (χ0n) is 7.39. The molecule has 0 radical (unpaired) electrons. The van der Waals surface area contributed by atoms with Gasteiger partial charge in [0.05, 0.1) is 5.56 Å². The van der Waals surface area contributed by atoms with E-state index in [1.807, 2.05) is 0 Å². The van der Waals surface area contributed by atoms with Crippen molar-refractivity contribution < 1.29 is 18.3 Å². The van der Waals surface area contributed by atoms with Gasteiger partial charge in [0.1, 0.15) is 0 Å². The molecule has 0 bridgehead atoms. The molecule has 1 aromatic rings. The molecule has 0 saturated heterocycles. The van der Waals surface area contributed by atoms with Crippen LogP contribution in [0.3, 0.4) is 0 Å². The highest BCUT2D eigenvalue weighted by Crippen LogP contribution is 2.29. The molecule has 1 rings (SSSR count). The molecule has 0 atom stereocenters. The maximum Gasteiger partial charge on any atom is 0.416 e. The molecule has 0 amide bonds. The Morgan fingerprint density at radius 3 is 2.00 bits per heavy atom. The molecule has 0 aliphatic carbocycles. The van der Waals surface area contributed by atoms with Crippen LogP contribution < -0.4 is 0 Å². The highest BCUT2D eigenvalue weighted by Gasteiger charge is 2.29. The van der Waals surface area contributed by atoms with Gasteiger partial charge in [-0.2, -0.15) is 13.2 Å². The Labute approximate surface area is 74.8 Å². The van der Waals surface area contributed by atoms with Gasteiger partial charge in [-0.3, -0.25) is 0 Å². The maximum absolute atomic E-state index is 12.0. The zero-order chi connectivity index (χ0) is 10.5. The number of rotatable bonds is 0. The van der Waals surface area contributed by atoms with Crippen molar-refractivity contribution in [3.63, 3.8) is 0 Å². The lowest BCUT2D eigenvalue weighted by molar-refractivity contribution is -0.137. The van der Waals surface area contributed by atoms with Gasteiger partial charge in [0.2, 0.25) is 0 Å². The van der Waals surface area contributed by atoms with E-state index in [2.05, 4.69) is 0 Å². The molecule has 74 valence electrons. The van der Waals surface area contributed by atoms with Crippen LogP contribution >= 0.6 is 0 Å². The second kappa shape index (κ2) is 4.87. The average molecular weight is 192 g/mol. The quantitative estimate of drug-likeness (QED) is 0.669. The number of halogens is 3. The maximum atomic E-state index is 12.0. The van der Waals surface area contributed by atoms with Gasteiger partial charge in [0, 0.05) is 7.11 Å². The van der Waals surface area contributed by atoms with E-state index >= 15 is 0 Å². The van der Waals surface area contributed by atoms with Gasteiger partial charge in [-0.1, -0.05) is 23.8 Å². The van der Waals surface area contributed by atoms with E-state index < -0.39 is 11.7 Å². The summed E-state index contributed by atoms with van der Waals surface area (Å²) in [5.41, 5.74) is 0.0392. The van der Waals surface area contributed by atoms with Crippen molar-refractivity contribution >= 4 is 0 Å². The SMILES string of the molecule is CO.Cc1cccc(C(F)(F)F)c1. The molecule has 0 spiro atoms. The van der Waals surface area contributed by atoms with Gasteiger partial charge in [0.25, 0.3) is 0 Å². The first-order valence-electron chi connectivity index (χ1n) is 3.59. The zero-order valence-corrected chi connectivity index (χ0v) is 7.39. The summed E-state index contributed by atoms with van der Waals surface area (Å²) in [5.74, 6) is 0. The molecule has 0 aliphatic rings.